The lowest BCUT2D eigenvalue weighted by atomic mass is 10.2. The van der Waals surface area contributed by atoms with E-state index in [4.69, 9.17) is 9.47 Å². The molecule has 0 aromatic carbocycles. The fraction of sp³-hybridized carbons (Fsp3) is 0.833. The van der Waals surface area contributed by atoms with Gasteiger partial charge in [-0.1, -0.05) is 6.42 Å². The summed E-state index contributed by atoms with van der Waals surface area (Å²) in [6, 6.07) is 0. The SMILES string of the molecule is CN=C(NCCCOCC1CCCO1)NCc1nnc2n1CCCCC2.I. The van der Waals surface area contributed by atoms with Crippen LogP contribution in [0.2, 0.25) is 0 Å². The van der Waals surface area contributed by atoms with Crippen LogP contribution in [0, 0.1) is 0 Å². The minimum absolute atomic E-state index is 0. The molecule has 0 radical (unpaired) electrons. The lowest BCUT2D eigenvalue weighted by molar-refractivity contribution is 0.0168. The van der Waals surface area contributed by atoms with Crippen LogP contribution in [0.25, 0.3) is 0 Å². The first-order chi connectivity index (χ1) is 12.9. The normalized spacial score (nSPS) is 19.9. The number of guanidine groups is 1. The second kappa shape index (κ2) is 12.5. The van der Waals surface area contributed by atoms with Crippen molar-refractivity contribution in [2.24, 2.45) is 4.99 Å². The summed E-state index contributed by atoms with van der Waals surface area (Å²) in [6.07, 6.45) is 8.25. The molecule has 0 amide bonds. The quantitative estimate of drug-likeness (QED) is 0.250. The Kier molecular flexibility index (Phi) is 10.4. The molecular formula is C18H33IN6O2. The van der Waals surface area contributed by atoms with Crippen molar-refractivity contribution in [3.05, 3.63) is 11.6 Å². The minimum atomic E-state index is 0. The van der Waals surface area contributed by atoms with Gasteiger partial charge in [-0.2, -0.15) is 0 Å². The fourth-order valence-electron chi connectivity index (χ4n) is 3.43. The second-order valence-corrected chi connectivity index (χ2v) is 6.91. The maximum atomic E-state index is 5.68. The van der Waals surface area contributed by atoms with Gasteiger partial charge >= 0.3 is 0 Å². The van der Waals surface area contributed by atoms with Crippen LogP contribution in [-0.2, 0) is 29.0 Å². The van der Waals surface area contributed by atoms with Crippen molar-refractivity contribution in [2.45, 2.75) is 64.1 Å². The molecule has 2 aliphatic rings. The number of fused-ring (bicyclic) bond motifs is 1. The zero-order valence-corrected chi connectivity index (χ0v) is 18.6. The summed E-state index contributed by atoms with van der Waals surface area (Å²) in [4.78, 5) is 4.28. The first-order valence-corrected chi connectivity index (χ1v) is 9.91. The van der Waals surface area contributed by atoms with Gasteiger partial charge in [-0.3, -0.25) is 4.99 Å². The zero-order chi connectivity index (χ0) is 18.0. The first kappa shape index (κ1) is 22.4. The van der Waals surface area contributed by atoms with Gasteiger partial charge in [-0.05, 0) is 32.1 Å². The maximum Gasteiger partial charge on any atom is 0.191 e. The summed E-state index contributed by atoms with van der Waals surface area (Å²) in [5, 5.41) is 15.3. The summed E-state index contributed by atoms with van der Waals surface area (Å²) >= 11 is 0. The Morgan fingerprint density at radius 3 is 3.00 bits per heavy atom. The van der Waals surface area contributed by atoms with E-state index in [1.54, 1.807) is 7.05 Å². The lowest BCUT2D eigenvalue weighted by Crippen LogP contribution is -2.38. The highest BCUT2D eigenvalue weighted by Gasteiger charge is 2.15. The van der Waals surface area contributed by atoms with Crippen LogP contribution in [0.5, 0.6) is 0 Å². The van der Waals surface area contributed by atoms with Crippen LogP contribution in [0.1, 0.15) is 50.2 Å². The van der Waals surface area contributed by atoms with E-state index in [-0.39, 0.29) is 24.0 Å². The largest absolute Gasteiger partial charge is 0.379 e. The van der Waals surface area contributed by atoms with Crippen molar-refractivity contribution >= 4 is 29.9 Å². The molecule has 1 atom stereocenters. The van der Waals surface area contributed by atoms with E-state index in [2.05, 4.69) is 30.4 Å². The molecule has 0 saturated carbocycles. The number of nitrogens with zero attached hydrogens (tertiary/aromatic N) is 4. The average Bonchev–Trinajstić information content (AvgIpc) is 3.25. The minimum Gasteiger partial charge on any atom is -0.379 e. The third-order valence-electron chi connectivity index (χ3n) is 4.91. The Bertz CT molecular complexity index is 574. The molecule has 3 heterocycles. The second-order valence-electron chi connectivity index (χ2n) is 6.91. The van der Waals surface area contributed by atoms with E-state index in [0.29, 0.717) is 19.3 Å². The number of nitrogens with one attached hydrogen (secondary N) is 2. The number of aromatic nitrogens is 3. The number of rotatable bonds is 8. The molecule has 27 heavy (non-hydrogen) atoms. The summed E-state index contributed by atoms with van der Waals surface area (Å²) in [7, 11) is 1.79. The molecule has 9 heteroatoms. The Labute approximate surface area is 178 Å². The van der Waals surface area contributed by atoms with Gasteiger partial charge in [0.2, 0.25) is 0 Å². The molecule has 0 spiro atoms. The lowest BCUT2D eigenvalue weighted by Gasteiger charge is -2.13. The van der Waals surface area contributed by atoms with Crippen molar-refractivity contribution < 1.29 is 9.47 Å². The standard InChI is InChI=1S/C18H32N6O2.HI/c1-19-18(20-9-6-11-25-14-15-7-5-12-26-15)21-13-17-23-22-16-8-3-2-4-10-24(16)17;/h15H,2-14H2,1H3,(H2,19,20,21);1H. The van der Waals surface area contributed by atoms with Crippen LogP contribution < -0.4 is 10.6 Å². The highest BCUT2D eigenvalue weighted by atomic mass is 127. The average molecular weight is 492 g/mol. The van der Waals surface area contributed by atoms with Crippen LogP contribution >= 0.6 is 24.0 Å². The van der Waals surface area contributed by atoms with Crippen LogP contribution in [0.4, 0.5) is 0 Å². The number of hydrogen-bond acceptors (Lipinski definition) is 5. The Morgan fingerprint density at radius 1 is 1.26 bits per heavy atom. The van der Waals surface area contributed by atoms with Crippen LogP contribution in [0.3, 0.4) is 0 Å². The zero-order valence-electron chi connectivity index (χ0n) is 16.3. The summed E-state index contributed by atoms with van der Waals surface area (Å²) in [5.74, 6) is 2.89. The number of aryl methyl sites for hydroxylation is 1. The van der Waals surface area contributed by atoms with Gasteiger partial charge < -0.3 is 24.7 Å². The van der Waals surface area contributed by atoms with Gasteiger partial charge in [0.1, 0.15) is 5.82 Å². The highest BCUT2D eigenvalue weighted by molar-refractivity contribution is 14.0. The molecular weight excluding hydrogens is 459 g/mol. The molecule has 8 nitrogen and oxygen atoms in total. The van der Waals surface area contributed by atoms with Crippen molar-refractivity contribution in [3.8, 4) is 0 Å². The van der Waals surface area contributed by atoms with E-state index in [1.807, 2.05) is 0 Å². The highest BCUT2D eigenvalue weighted by Crippen LogP contribution is 2.14. The molecule has 1 unspecified atom stereocenters. The van der Waals surface area contributed by atoms with E-state index >= 15 is 0 Å². The van der Waals surface area contributed by atoms with Crippen molar-refractivity contribution in [1.82, 2.24) is 25.4 Å². The maximum absolute atomic E-state index is 5.68. The van der Waals surface area contributed by atoms with Gasteiger partial charge in [0.15, 0.2) is 11.8 Å². The molecule has 1 aromatic heterocycles. The molecule has 154 valence electrons. The third-order valence-corrected chi connectivity index (χ3v) is 4.91. The smallest absolute Gasteiger partial charge is 0.191 e. The molecule has 1 fully saturated rings. The number of aliphatic imine (C=N–C) groups is 1. The first-order valence-electron chi connectivity index (χ1n) is 9.91. The molecule has 1 aromatic rings. The summed E-state index contributed by atoms with van der Waals surface area (Å²) in [6.45, 7) is 4.82. The molecule has 2 N–H and O–H groups in total. The van der Waals surface area contributed by atoms with E-state index in [9.17, 15) is 0 Å². The Balaban J connectivity index is 0.00000261. The molecule has 1 saturated heterocycles. The van der Waals surface area contributed by atoms with Crippen molar-refractivity contribution in [2.75, 3.05) is 33.4 Å². The predicted octanol–water partition coefficient (Wildman–Crippen LogP) is 1.87. The van der Waals surface area contributed by atoms with Crippen molar-refractivity contribution in [1.29, 1.82) is 0 Å². The van der Waals surface area contributed by atoms with Gasteiger partial charge in [-0.15, -0.1) is 34.2 Å². The fourth-order valence-corrected chi connectivity index (χ4v) is 3.43. The molecule has 0 aliphatic carbocycles. The van der Waals surface area contributed by atoms with E-state index in [1.165, 1.54) is 19.3 Å². The number of ether oxygens (including phenoxy) is 2. The summed E-state index contributed by atoms with van der Waals surface area (Å²) in [5.41, 5.74) is 0. The molecule has 2 aliphatic heterocycles. The monoisotopic (exact) mass is 492 g/mol. The van der Waals surface area contributed by atoms with Gasteiger partial charge in [-0.25, -0.2) is 0 Å². The van der Waals surface area contributed by atoms with Gasteiger partial charge in [0.25, 0.3) is 0 Å². The molecule has 0 bridgehead atoms. The van der Waals surface area contributed by atoms with Crippen LogP contribution in [-0.4, -0.2) is 60.2 Å². The van der Waals surface area contributed by atoms with Crippen LogP contribution in [0.15, 0.2) is 4.99 Å². The van der Waals surface area contributed by atoms with Gasteiger partial charge in [0.05, 0.1) is 19.3 Å². The predicted molar refractivity (Wildman–Crippen MR) is 116 cm³/mol. The van der Waals surface area contributed by atoms with Crippen molar-refractivity contribution in [3.63, 3.8) is 0 Å². The third kappa shape index (κ3) is 7.19. The Morgan fingerprint density at radius 2 is 2.19 bits per heavy atom. The van der Waals surface area contributed by atoms with E-state index in [0.717, 1.165) is 69.6 Å². The molecule has 3 rings (SSSR count). The summed E-state index contributed by atoms with van der Waals surface area (Å²) < 4.78 is 13.5. The van der Waals surface area contributed by atoms with E-state index < -0.39 is 0 Å². The Hall–Kier alpha value is -0.940. The number of hydrogen-bond donors (Lipinski definition) is 2. The van der Waals surface area contributed by atoms with Gasteiger partial charge in [0, 0.05) is 39.8 Å². The topological polar surface area (TPSA) is 85.6 Å². The number of halogens is 1.